The molecule has 2 aromatic rings. The molecule has 1 saturated heterocycles. The lowest BCUT2D eigenvalue weighted by molar-refractivity contribution is -0.946. The third-order valence-electron chi connectivity index (χ3n) is 5.73. The summed E-state index contributed by atoms with van der Waals surface area (Å²) >= 11 is 11.9. The summed E-state index contributed by atoms with van der Waals surface area (Å²) in [5.74, 6) is -0.206. The number of nitrogens with zero attached hydrogens (tertiary/aromatic N) is 1. The highest BCUT2D eigenvalue weighted by atomic mass is 35.5. The molecule has 1 N–H and O–H groups in total. The molecule has 0 bridgehead atoms. The number of quaternary nitrogens is 1. The van der Waals surface area contributed by atoms with Crippen LogP contribution in [0.1, 0.15) is 35.7 Å². The van der Waals surface area contributed by atoms with Crippen molar-refractivity contribution < 1.29 is 26.4 Å². The van der Waals surface area contributed by atoms with Crippen molar-refractivity contribution >= 4 is 34.8 Å². The van der Waals surface area contributed by atoms with Gasteiger partial charge in [-0.1, -0.05) is 35.3 Å². The summed E-state index contributed by atoms with van der Waals surface area (Å²) in [7, 11) is 2.33. The summed E-state index contributed by atoms with van der Waals surface area (Å²) in [5, 5.41) is 3.71. The van der Waals surface area contributed by atoms with Crippen LogP contribution < -0.4 is 17.7 Å². The van der Waals surface area contributed by atoms with Crippen molar-refractivity contribution in [3.8, 4) is 0 Å². The molecule has 1 unspecified atom stereocenters. The summed E-state index contributed by atoms with van der Waals surface area (Å²) in [6, 6.07) is 13.6. The quantitative estimate of drug-likeness (QED) is 0.677. The number of ether oxygens (including phenoxy) is 1. The van der Waals surface area contributed by atoms with E-state index in [0.29, 0.717) is 21.7 Å². The SMILES string of the molecule is CC[N+](C)(Cc1ccc(NC(=O)c2ccc(Cl)c(Cl)c2)cc1)C1CCOCC1.[Cl-]. The van der Waals surface area contributed by atoms with E-state index in [4.69, 9.17) is 27.9 Å². The average molecular weight is 458 g/mol. The third-order valence-corrected chi connectivity index (χ3v) is 6.47. The van der Waals surface area contributed by atoms with Gasteiger partial charge in [-0.2, -0.15) is 0 Å². The molecule has 1 heterocycles. The molecular formula is C22H27Cl3N2O2. The molecule has 4 nitrogen and oxygen atoms in total. The Balaban J connectivity index is 0.00000300. The van der Waals surface area contributed by atoms with E-state index in [9.17, 15) is 4.79 Å². The monoisotopic (exact) mass is 456 g/mol. The van der Waals surface area contributed by atoms with Crippen LogP contribution in [0.4, 0.5) is 5.69 Å². The van der Waals surface area contributed by atoms with E-state index in [0.717, 1.165) is 49.3 Å². The van der Waals surface area contributed by atoms with Crippen LogP contribution in [0.25, 0.3) is 0 Å². The highest BCUT2D eigenvalue weighted by Crippen LogP contribution is 2.25. The summed E-state index contributed by atoms with van der Waals surface area (Å²) in [6.07, 6.45) is 2.23. The van der Waals surface area contributed by atoms with Crippen LogP contribution in [0.15, 0.2) is 42.5 Å². The molecular weight excluding hydrogens is 431 g/mol. The molecule has 1 amide bonds. The van der Waals surface area contributed by atoms with Crippen LogP contribution in [0.3, 0.4) is 0 Å². The number of carbonyl (C=O) groups excluding carboxylic acids is 1. The van der Waals surface area contributed by atoms with E-state index >= 15 is 0 Å². The second-order valence-corrected chi connectivity index (χ2v) is 8.39. The highest BCUT2D eigenvalue weighted by molar-refractivity contribution is 6.42. The summed E-state index contributed by atoms with van der Waals surface area (Å²) in [6.45, 7) is 6.03. The zero-order valence-corrected chi connectivity index (χ0v) is 19.0. The minimum Gasteiger partial charge on any atom is -1.00 e. The van der Waals surface area contributed by atoms with Crippen molar-refractivity contribution in [3.63, 3.8) is 0 Å². The molecule has 0 spiro atoms. The van der Waals surface area contributed by atoms with Gasteiger partial charge in [0.15, 0.2) is 0 Å². The second kappa shape index (κ2) is 10.6. The number of benzene rings is 2. The van der Waals surface area contributed by atoms with Gasteiger partial charge in [0.1, 0.15) is 6.54 Å². The summed E-state index contributed by atoms with van der Waals surface area (Å²) < 4.78 is 6.54. The Labute approximate surface area is 189 Å². The zero-order chi connectivity index (χ0) is 20.1. The van der Waals surface area contributed by atoms with E-state index in [1.807, 2.05) is 12.1 Å². The maximum atomic E-state index is 12.4. The number of carbonyl (C=O) groups is 1. The predicted molar refractivity (Wildman–Crippen MR) is 115 cm³/mol. The van der Waals surface area contributed by atoms with E-state index in [2.05, 4.69) is 31.4 Å². The Kier molecular flexibility index (Phi) is 8.80. The molecule has 158 valence electrons. The van der Waals surface area contributed by atoms with Gasteiger partial charge < -0.3 is 26.9 Å². The Morgan fingerprint density at radius 3 is 2.34 bits per heavy atom. The minimum atomic E-state index is -0.206. The van der Waals surface area contributed by atoms with Crippen LogP contribution in [0.5, 0.6) is 0 Å². The van der Waals surface area contributed by atoms with Crippen molar-refractivity contribution in [3.05, 3.63) is 63.6 Å². The molecule has 1 atom stereocenters. The molecule has 0 aromatic heterocycles. The number of anilines is 1. The van der Waals surface area contributed by atoms with E-state index in [-0.39, 0.29) is 18.3 Å². The highest BCUT2D eigenvalue weighted by Gasteiger charge is 2.32. The molecule has 1 fully saturated rings. The fraction of sp³-hybridized carbons (Fsp3) is 0.409. The Morgan fingerprint density at radius 1 is 1.10 bits per heavy atom. The molecule has 7 heteroatoms. The fourth-order valence-electron chi connectivity index (χ4n) is 3.76. The van der Waals surface area contributed by atoms with Gasteiger partial charge in [0.25, 0.3) is 5.91 Å². The smallest absolute Gasteiger partial charge is 0.255 e. The fourth-order valence-corrected chi connectivity index (χ4v) is 4.06. The average Bonchev–Trinajstić information content (AvgIpc) is 2.72. The van der Waals surface area contributed by atoms with Gasteiger partial charge in [-0.25, -0.2) is 0 Å². The maximum Gasteiger partial charge on any atom is 0.255 e. The number of hydrogen-bond donors (Lipinski definition) is 1. The number of amides is 1. The van der Waals surface area contributed by atoms with Gasteiger partial charge in [0, 0.05) is 29.7 Å². The van der Waals surface area contributed by atoms with Crippen LogP contribution in [0.2, 0.25) is 10.0 Å². The van der Waals surface area contributed by atoms with Crippen molar-refractivity contribution in [1.29, 1.82) is 0 Å². The molecule has 1 aliphatic heterocycles. The van der Waals surface area contributed by atoms with E-state index < -0.39 is 0 Å². The third kappa shape index (κ3) is 6.09. The van der Waals surface area contributed by atoms with Gasteiger partial charge in [-0.3, -0.25) is 4.79 Å². The summed E-state index contributed by atoms with van der Waals surface area (Å²) in [4.78, 5) is 12.4. The minimum absolute atomic E-state index is 0. The van der Waals surface area contributed by atoms with Crippen molar-refractivity contribution in [2.24, 2.45) is 0 Å². The van der Waals surface area contributed by atoms with E-state index in [1.165, 1.54) is 5.56 Å². The van der Waals surface area contributed by atoms with Crippen LogP contribution in [-0.4, -0.2) is 43.2 Å². The van der Waals surface area contributed by atoms with E-state index in [1.54, 1.807) is 18.2 Å². The maximum absolute atomic E-state index is 12.4. The van der Waals surface area contributed by atoms with Crippen molar-refractivity contribution in [1.82, 2.24) is 0 Å². The number of nitrogens with one attached hydrogen (secondary N) is 1. The van der Waals surface area contributed by atoms with Gasteiger partial charge in [0.2, 0.25) is 0 Å². The first-order valence-corrected chi connectivity index (χ1v) is 10.4. The van der Waals surface area contributed by atoms with Gasteiger partial charge in [0.05, 0.1) is 42.9 Å². The molecule has 0 aliphatic carbocycles. The molecule has 2 aromatic carbocycles. The lowest BCUT2D eigenvalue weighted by Gasteiger charge is -2.42. The first-order chi connectivity index (χ1) is 13.4. The summed E-state index contributed by atoms with van der Waals surface area (Å²) in [5.41, 5.74) is 2.51. The first kappa shape index (κ1) is 24.0. The lowest BCUT2D eigenvalue weighted by atomic mass is 10.0. The molecule has 29 heavy (non-hydrogen) atoms. The molecule has 3 rings (SSSR count). The Morgan fingerprint density at radius 2 is 1.76 bits per heavy atom. The Bertz CT molecular complexity index is 823. The number of rotatable bonds is 6. The Hall–Kier alpha value is -1.30. The standard InChI is InChI=1S/C22H26Cl2N2O2.ClH/c1-3-26(2,19-10-12-28-13-11-19)15-16-4-7-18(8-5-16)25-22(27)17-6-9-20(23)21(24)14-17;/h4-9,14,19H,3,10-13,15H2,1-2H3;1H. The van der Waals surface area contributed by atoms with Crippen LogP contribution >= 0.6 is 23.2 Å². The second-order valence-electron chi connectivity index (χ2n) is 7.58. The largest absolute Gasteiger partial charge is 1.00 e. The predicted octanol–water partition coefficient (Wildman–Crippen LogP) is 2.40. The first-order valence-electron chi connectivity index (χ1n) is 9.68. The van der Waals surface area contributed by atoms with Gasteiger partial charge in [-0.15, -0.1) is 0 Å². The molecule has 1 aliphatic rings. The van der Waals surface area contributed by atoms with Crippen LogP contribution in [0, 0.1) is 0 Å². The lowest BCUT2D eigenvalue weighted by Crippen LogP contribution is -3.00. The zero-order valence-electron chi connectivity index (χ0n) is 16.8. The number of hydrogen-bond acceptors (Lipinski definition) is 2. The molecule has 0 radical (unpaired) electrons. The van der Waals surface area contributed by atoms with Gasteiger partial charge >= 0.3 is 0 Å². The topological polar surface area (TPSA) is 38.3 Å². The number of halogens is 3. The van der Waals surface area contributed by atoms with Crippen molar-refractivity contribution in [2.45, 2.75) is 32.4 Å². The van der Waals surface area contributed by atoms with Crippen LogP contribution in [-0.2, 0) is 11.3 Å². The van der Waals surface area contributed by atoms with Crippen molar-refractivity contribution in [2.75, 3.05) is 32.1 Å². The van der Waals surface area contributed by atoms with Gasteiger partial charge in [-0.05, 0) is 37.3 Å². The molecule has 0 saturated carbocycles. The normalized spacial score (nSPS) is 16.6.